The highest BCUT2D eigenvalue weighted by atomic mass is 35.5. The zero-order chi connectivity index (χ0) is 32.6. The van der Waals surface area contributed by atoms with Crippen LogP contribution in [0.2, 0.25) is 10.0 Å². The van der Waals surface area contributed by atoms with E-state index in [2.05, 4.69) is 4.90 Å². The number of hydrogen-bond donors (Lipinski definition) is 1. The maximum absolute atomic E-state index is 13.5. The molecule has 46 heavy (non-hydrogen) atoms. The van der Waals surface area contributed by atoms with E-state index in [-0.39, 0.29) is 18.1 Å². The zero-order valence-electron chi connectivity index (χ0n) is 25.0. The average Bonchev–Trinajstić information content (AvgIpc) is 3.32. The first kappa shape index (κ1) is 34.0. The van der Waals surface area contributed by atoms with Crippen LogP contribution in [0.3, 0.4) is 0 Å². The van der Waals surface area contributed by atoms with Gasteiger partial charge in [0.25, 0.3) is 5.91 Å². The summed E-state index contributed by atoms with van der Waals surface area (Å²) in [6.45, 7) is 4.99. The highest BCUT2D eigenvalue weighted by Crippen LogP contribution is 2.38. The van der Waals surface area contributed by atoms with Crippen molar-refractivity contribution in [2.24, 2.45) is 0 Å². The second-order valence-corrected chi connectivity index (χ2v) is 12.9. The summed E-state index contributed by atoms with van der Waals surface area (Å²) in [7, 11) is 1.44. The van der Waals surface area contributed by atoms with Crippen molar-refractivity contribution < 1.29 is 33.6 Å². The summed E-state index contributed by atoms with van der Waals surface area (Å²) in [6.07, 6.45) is 2.29. The van der Waals surface area contributed by atoms with Gasteiger partial charge >= 0.3 is 5.97 Å². The van der Waals surface area contributed by atoms with E-state index < -0.39 is 5.97 Å². The van der Waals surface area contributed by atoms with Gasteiger partial charge in [-0.3, -0.25) is 14.6 Å². The van der Waals surface area contributed by atoms with Crippen LogP contribution in [-0.4, -0.2) is 90.8 Å². The van der Waals surface area contributed by atoms with Gasteiger partial charge in [-0.15, -0.1) is 0 Å². The van der Waals surface area contributed by atoms with Gasteiger partial charge in [0.05, 0.1) is 37.4 Å². The van der Waals surface area contributed by atoms with Gasteiger partial charge in [-0.1, -0.05) is 53.2 Å². The normalized spacial score (nSPS) is 16.2. The smallest absolute Gasteiger partial charge is 0.335 e. The quantitative estimate of drug-likeness (QED) is 0.117. The van der Waals surface area contributed by atoms with E-state index in [4.69, 9.17) is 54.4 Å². The van der Waals surface area contributed by atoms with Crippen molar-refractivity contribution >= 4 is 69.5 Å². The van der Waals surface area contributed by atoms with Crippen molar-refractivity contribution in [2.75, 3.05) is 59.7 Å². The van der Waals surface area contributed by atoms with Crippen molar-refractivity contribution in [1.82, 2.24) is 9.80 Å². The Labute approximate surface area is 286 Å². The number of hydrogen-bond acceptors (Lipinski definition) is 9. The topological polar surface area (TPSA) is 97.8 Å². The largest absolute Gasteiger partial charge is 0.493 e. The highest BCUT2D eigenvalue weighted by molar-refractivity contribution is 8.26. The van der Waals surface area contributed by atoms with Gasteiger partial charge in [0.1, 0.15) is 16.7 Å². The van der Waals surface area contributed by atoms with Crippen LogP contribution < -0.4 is 14.2 Å². The minimum atomic E-state index is -1.06. The Morgan fingerprint density at radius 1 is 1.00 bits per heavy atom. The fourth-order valence-electron chi connectivity index (χ4n) is 4.95. The minimum absolute atomic E-state index is 0.0976. The summed E-state index contributed by atoms with van der Waals surface area (Å²) < 4.78 is 23.2. The lowest BCUT2D eigenvalue weighted by Gasteiger charge is -2.26. The number of ether oxygens (including phenoxy) is 4. The van der Waals surface area contributed by atoms with E-state index in [1.165, 1.54) is 31.0 Å². The average molecular weight is 704 g/mol. The van der Waals surface area contributed by atoms with E-state index in [9.17, 15) is 14.7 Å². The molecular weight excluding hydrogens is 671 g/mol. The van der Waals surface area contributed by atoms with E-state index in [0.29, 0.717) is 69.3 Å². The molecule has 1 N–H and O–H groups in total. The van der Waals surface area contributed by atoms with Crippen molar-refractivity contribution in [2.45, 2.75) is 6.42 Å². The first-order valence-electron chi connectivity index (χ1n) is 14.6. The summed E-state index contributed by atoms with van der Waals surface area (Å²) in [4.78, 5) is 29.1. The molecule has 0 unspecified atom stereocenters. The molecule has 0 spiro atoms. The zero-order valence-corrected chi connectivity index (χ0v) is 28.1. The van der Waals surface area contributed by atoms with E-state index in [1.54, 1.807) is 35.2 Å². The SMILES string of the molecule is COc1cc(C(=O)O)ccc1OCCCN1C(=O)/C(=C/c2cc(-c3cc(Cl)ccc3Cl)ccc2OCCN2CCOCC2)SC1=S. The Bertz CT molecular complexity index is 1650. The molecule has 2 fully saturated rings. The number of morpholine rings is 1. The van der Waals surface area contributed by atoms with Crippen LogP contribution in [0.4, 0.5) is 0 Å². The third-order valence-corrected chi connectivity index (χ3v) is 9.31. The molecule has 3 aromatic rings. The van der Waals surface area contributed by atoms with Crippen LogP contribution in [0.25, 0.3) is 17.2 Å². The molecule has 9 nitrogen and oxygen atoms in total. The molecule has 0 bridgehead atoms. The molecule has 5 rings (SSSR count). The van der Waals surface area contributed by atoms with Gasteiger partial charge in [0.15, 0.2) is 11.5 Å². The Morgan fingerprint density at radius 2 is 1.76 bits per heavy atom. The van der Waals surface area contributed by atoms with Gasteiger partial charge in [-0.25, -0.2) is 4.79 Å². The van der Waals surface area contributed by atoms with E-state index in [0.717, 1.165) is 36.3 Å². The summed E-state index contributed by atoms with van der Waals surface area (Å²) in [5, 5.41) is 10.3. The number of benzene rings is 3. The number of methoxy groups -OCH3 is 1. The van der Waals surface area contributed by atoms with Gasteiger partial charge in [-0.05, 0) is 66.6 Å². The van der Waals surface area contributed by atoms with Crippen molar-refractivity contribution in [3.05, 3.63) is 80.7 Å². The predicted molar refractivity (Wildman–Crippen MR) is 185 cm³/mol. The second-order valence-electron chi connectivity index (χ2n) is 10.4. The molecule has 0 radical (unpaired) electrons. The van der Waals surface area contributed by atoms with Gasteiger partial charge < -0.3 is 24.1 Å². The highest BCUT2D eigenvalue weighted by Gasteiger charge is 2.32. The van der Waals surface area contributed by atoms with Crippen molar-refractivity contribution in [3.63, 3.8) is 0 Å². The molecule has 0 saturated carbocycles. The summed E-state index contributed by atoms with van der Waals surface area (Å²) in [6, 6.07) is 15.4. The van der Waals surface area contributed by atoms with Crippen LogP contribution in [0, 0.1) is 0 Å². The maximum atomic E-state index is 13.5. The first-order chi connectivity index (χ1) is 22.2. The fourth-order valence-corrected chi connectivity index (χ4v) is 6.65. The standard InChI is InChI=1S/C33H32Cl2N2O7S2/c1-41-29-18-22(32(39)40)4-8-28(29)43-13-2-9-37-31(38)30(46-33(37)45)19-23-17-21(25-20-24(34)5-6-26(25)35)3-7-27(23)44-16-12-36-10-14-42-15-11-36/h3-8,17-20H,2,9-16H2,1H3,(H,39,40)/b30-19-. The Balaban J connectivity index is 1.29. The Morgan fingerprint density at radius 3 is 2.52 bits per heavy atom. The molecule has 0 aliphatic carbocycles. The lowest BCUT2D eigenvalue weighted by molar-refractivity contribution is -0.122. The monoisotopic (exact) mass is 702 g/mol. The van der Waals surface area contributed by atoms with Gasteiger partial charge in [-0.2, -0.15) is 0 Å². The Kier molecular flexibility index (Phi) is 11.8. The van der Waals surface area contributed by atoms with Gasteiger partial charge in [0.2, 0.25) is 0 Å². The van der Waals surface area contributed by atoms with E-state index in [1.807, 2.05) is 18.2 Å². The molecule has 242 valence electrons. The molecule has 2 heterocycles. The first-order valence-corrected chi connectivity index (χ1v) is 16.5. The second kappa shape index (κ2) is 16.0. The number of carboxylic acid groups (broad SMARTS) is 1. The number of carbonyl (C=O) groups is 2. The number of carboxylic acids is 1. The molecule has 0 atom stereocenters. The van der Waals surface area contributed by atoms with Gasteiger partial charge in [0, 0.05) is 47.4 Å². The minimum Gasteiger partial charge on any atom is -0.493 e. The molecule has 0 aromatic heterocycles. The molecule has 3 aromatic carbocycles. The third kappa shape index (κ3) is 8.52. The van der Waals surface area contributed by atoms with Crippen LogP contribution in [-0.2, 0) is 9.53 Å². The number of carbonyl (C=O) groups excluding carboxylic acids is 1. The van der Waals surface area contributed by atoms with E-state index >= 15 is 0 Å². The summed E-state index contributed by atoms with van der Waals surface area (Å²) in [5.74, 6) is 0.107. The number of rotatable bonds is 13. The number of thiocarbonyl (C=S) groups is 1. The lowest BCUT2D eigenvalue weighted by atomic mass is 10.0. The predicted octanol–water partition coefficient (Wildman–Crippen LogP) is 6.75. The third-order valence-electron chi connectivity index (χ3n) is 7.37. The maximum Gasteiger partial charge on any atom is 0.335 e. The van der Waals surface area contributed by atoms with Crippen molar-refractivity contribution in [1.29, 1.82) is 0 Å². The lowest BCUT2D eigenvalue weighted by Crippen LogP contribution is -2.38. The molecule has 2 aliphatic rings. The number of amides is 1. The van der Waals surface area contributed by atoms with Crippen LogP contribution in [0.15, 0.2) is 59.5 Å². The van der Waals surface area contributed by atoms with Crippen LogP contribution in [0.1, 0.15) is 22.3 Å². The number of halogens is 2. The number of thioether (sulfide) groups is 1. The molecule has 2 aliphatic heterocycles. The van der Waals surface area contributed by atoms with Crippen LogP contribution >= 0.6 is 47.2 Å². The molecule has 13 heteroatoms. The fraction of sp³-hybridized carbons (Fsp3) is 0.303. The Hall–Kier alpha value is -3.32. The number of aromatic carboxylic acids is 1. The molecular formula is C33H32Cl2N2O7S2. The summed E-state index contributed by atoms with van der Waals surface area (Å²) in [5.41, 5.74) is 2.42. The number of nitrogens with zero attached hydrogens (tertiary/aromatic N) is 2. The molecule has 2 saturated heterocycles. The van der Waals surface area contributed by atoms with Crippen LogP contribution in [0.5, 0.6) is 17.2 Å². The molecule has 1 amide bonds. The van der Waals surface area contributed by atoms with Crippen molar-refractivity contribution in [3.8, 4) is 28.4 Å². The summed E-state index contributed by atoms with van der Waals surface area (Å²) >= 11 is 19.6.